The lowest BCUT2D eigenvalue weighted by Crippen LogP contribution is -2.18. The van der Waals surface area contributed by atoms with Crippen molar-refractivity contribution in [2.24, 2.45) is 7.05 Å². The number of Topliss-reactive ketones (excluding diaryl/α,β-unsaturated/α-hetero) is 1. The van der Waals surface area contributed by atoms with Crippen LogP contribution in [0.3, 0.4) is 0 Å². The van der Waals surface area contributed by atoms with Crippen LogP contribution in [-0.4, -0.2) is 17.0 Å². The van der Waals surface area contributed by atoms with E-state index < -0.39 is 0 Å². The van der Waals surface area contributed by atoms with Gasteiger partial charge in [-0.3, -0.25) is 4.79 Å². The molecule has 1 aromatic heterocycles. The molecule has 0 amide bonds. The summed E-state index contributed by atoms with van der Waals surface area (Å²) in [6, 6.07) is 1.85. The number of hydrogen-bond donors (Lipinski definition) is 0. The number of nitrogens with zero attached hydrogens (tertiary/aromatic N) is 1. The minimum absolute atomic E-state index is 0.0897. The van der Waals surface area contributed by atoms with Gasteiger partial charge in [0.1, 0.15) is 6.61 Å². The number of carbonyl (C=O) groups excluding carboxylic acids is 1. The van der Waals surface area contributed by atoms with Gasteiger partial charge in [0, 0.05) is 18.8 Å². The summed E-state index contributed by atoms with van der Waals surface area (Å²) < 4.78 is 7.00. The summed E-state index contributed by atoms with van der Waals surface area (Å²) in [6.07, 6.45) is 1.89. The molecule has 0 spiro atoms. The van der Waals surface area contributed by atoms with Gasteiger partial charge in [-0.05, 0) is 6.07 Å². The Morgan fingerprint density at radius 2 is 2.36 bits per heavy atom. The molecule has 58 valence electrons. The Bertz CT molecular complexity index is 301. The predicted octanol–water partition coefficient (Wildman–Crippen LogP) is 0.738. The summed E-state index contributed by atoms with van der Waals surface area (Å²) in [7, 11) is 1.92. The first-order valence-electron chi connectivity index (χ1n) is 3.54. The highest BCUT2D eigenvalue weighted by atomic mass is 16.5. The number of carbonyl (C=O) groups is 1. The fourth-order valence-corrected chi connectivity index (χ4v) is 1.31. The molecule has 0 aromatic carbocycles. The minimum Gasteiger partial charge on any atom is -0.367 e. The molecule has 0 saturated carbocycles. The largest absolute Gasteiger partial charge is 0.367 e. The van der Waals surface area contributed by atoms with Crippen molar-refractivity contribution >= 4 is 5.78 Å². The molecule has 0 radical (unpaired) electrons. The molecule has 0 bridgehead atoms. The average molecular weight is 151 g/mol. The van der Waals surface area contributed by atoms with Gasteiger partial charge in [-0.25, -0.2) is 0 Å². The van der Waals surface area contributed by atoms with E-state index in [2.05, 4.69) is 0 Å². The molecule has 3 heteroatoms. The molecule has 3 nitrogen and oxygen atoms in total. The summed E-state index contributed by atoms with van der Waals surface area (Å²) >= 11 is 0. The monoisotopic (exact) mass is 151 g/mol. The molecule has 2 rings (SSSR count). The average Bonchev–Trinajstić information content (AvgIpc) is 2.35. The second-order valence-corrected chi connectivity index (χ2v) is 2.70. The zero-order valence-electron chi connectivity index (χ0n) is 6.33. The van der Waals surface area contributed by atoms with Crippen LogP contribution in [0.5, 0.6) is 0 Å². The summed E-state index contributed by atoms with van der Waals surface area (Å²) in [6.45, 7) is 0.793. The summed E-state index contributed by atoms with van der Waals surface area (Å²) in [4.78, 5) is 11.2. The predicted molar refractivity (Wildman–Crippen MR) is 39.4 cm³/mol. The third-order valence-corrected chi connectivity index (χ3v) is 1.97. The molecule has 0 saturated heterocycles. The highest BCUT2D eigenvalue weighted by Crippen LogP contribution is 2.16. The van der Waals surface area contributed by atoms with E-state index in [1.165, 1.54) is 0 Å². The number of ketones is 1. The second-order valence-electron chi connectivity index (χ2n) is 2.70. The van der Waals surface area contributed by atoms with E-state index in [4.69, 9.17) is 4.74 Å². The van der Waals surface area contributed by atoms with Gasteiger partial charge < -0.3 is 9.30 Å². The first-order valence-corrected chi connectivity index (χ1v) is 3.54. The van der Waals surface area contributed by atoms with Crippen molar-refractivity contribution in [1.82, 2.24) is 4.57 Å². The maximum absolute atomic E-state index is 11.2. The lowest BCUT2D eigenvalue weighted by Gasteiger charge is -2.12. The molecular formula is C8H9NO2. The van der Waals surface area contributed by atoms with Crippen LogP contribution >= 0.6 is 0 Å². The van der Waals surface area contributed by atoms with Crippen molar-refractivity contribution in [3.05, 3.63) is 23.5 Å². The van der Waals surface area contributed by atoms with Crippen molar-refractivity contribution in [3.63, 3.8) is 0 Å². The summed E-state index contributed by atoms with van der Waals surface area (Å²) in [5.41, 5.74) is 1.81. The summed E-state index contributed by atoms with van der Waals surface area (Å²) in [5.74, 6) is 0.0897. The van der Waals surface area contributed by atoms with Crippen molar-refractivity contribution < 1.29 is 9.53 Å². The third-order valence-electron chi connectivity index (χ3n) is 1.97. The van der Waals surface area contributed by atoms with Crippen LogP contribution < -0.4 is 0 Å². The molecule has 11 heavy (non-hydrogen) atoms. The normalized spacial score (nSPS) is 16.6. The van der Waals surface area contributed by atoms with Crippen molar-refractivity contribution in [1.29, 1.82) is 0 Å². The van der Waals surface area contributed by atoms with Crippen molar-refractivity contribution in [2.45, 2.75) is 6.61 Å². The second kappa shape index (κ2) is 2.20. The Balaban J connectivity index is 2.55. The third kappa shape index (κ3) is 0.886. The van der Waals surface area contributed by atoms with Crippen LogP contribution in [0.1, 0.15) is 16.1 Å². The molecule has 0 atom stereocenters. The fraction of sp³-hybridized carbons (Fsp3) is 0.375. The Morgan fingerprint density at radius 1 is 1.55 bits per heavy atom. The lowest BCUT2D eigenvalue weighted by molar-refractivity contribution is 0.0651. The molecule has 1 aliphatic rings. The Kier molecular flexibility index (Phi) is 1.32. The van der Waals surface area contributed by atoms with Gasteiger partial charge in [-0.1, -0.05) is 0 Å². The van der Waals surface area contributed by atoms with Gasteiger partial charge in [0.05, 0.1) is 12.3 Å². The van der Waals surface area contributed by atoms with E-state index in [0.717, 1.165) is 11.3 Å². The molecule has 2 heterocycles. The standard InChI is InChI=1S/C8H9NO2/c1-9-3-2-6-7(9)4-11-5-8(6)10/h2-3H,4-5H2,1H3. The van der Waals surface area contributed by atoms with Gasteiger partial charge in [-0.15, -0.1) is 0 Å². The van der Waals surface area contributed by atoms with Gasteiger partial charge in [-0.2, -0.15) is 0 Å². The first kappa shape index (κ1) is 6.61. The number of hydrogen-bond acceptors (Lipinski definition) is 2. The van der Waals surface area contributed by atoms with E-state index in [1.54, 1.807) is 0 Å². The Hall–Kier alpha value is -1.09. The molecule has 0 aliphatic carbocycles. The SMILES string of the molecule is Cn1ccc2c1COCC2=O. The first-order chi connectivity index (χ1) is 5.29. The smallest absolute Gasteiger partial charge is 0.190 e. The van der Waals surface area contributed by atoms with E-state index in [-0.39, 0.29) is 12.4 Å². The van der Waals surface area contributed by atoms with E-state index in [1.807, 2.05) is 23.9 Å². The van der Waals surface area contributed by atoms with Crippen LogP contribution in [0.15, 0.2) is 12.3 Å². The molecule has 0 unspecified atom stereocenters. The number of aromatic nitrogens is 1. The van der Waals surface area contributed by atoms with Gasteiger partial charge in [0.15, 0.2) is 5.78 Å². The Labute approximate surface area is 64.6 Å². The fourth-order valence-electron chi connectivity index (χ4n) is 1.31. The zero-order valence-corrected chi connectivity index (χ0v) is 6.33. The minimum atomic E-state index is 0.0897. The highest BCUT2D eigenvalue weighted by Gasteiger charge is 2.19. The van der Waals surface area contributed by atoms with Gasteiger partial charge >= 0.3 is 0 Å². The topological polar surface area (TPSA) is 31.2 Å². The molecule has 1 aromatic rings. The molecule has 0 N–H and O–H groups in total. The van der Waals surface area contributed by atoms with E-state index >= 15 is 0 Å². The van der Waals surface area contributed by atoms with Gasteiger partial charge in [0.25, 0.3) is 0 Å². The van der Waals surface area contributed by atoms with Crippen LogP contribution in [0, 0.1) is 0 Å². The highest BCUT2D eigenvalue weighted by molar-refractivity contribution is 5.98. The van der Waals surface area contributed by atoms with Crippen molar-refractivity contribution in [2.75, 3.05) is 6.61 Å². The summed E-state index contributed by atoms with van der Waals surface area (Å²) in [5, 5.41) is 0. The number of fused-ring (bicyclic) bond motifs is 1. The maximum atomic E-state index is 11.2. The molecule has 0 fully saturated rings. The number of aryl methyl sites for hydroxylation is 1. The zero-order chi connectivity index (χ0) is 7.84. The number of ether oxygens (including phenoxy) is 1. The van der Waals surface area contributed by atoms with E-state index in [0.29, 0.717) is 6.61 Å². The van der Waals surface area contributed by atoms with Crippen LogP contribution in [-0.2, 0) is 18.4 Å². The molecular weight excluding hydrogens is 142 g/mol. The number of rotatable bonds is 0. The van der Waals surface area contributed by atoms with E-state index in [9.17, 15) is 4.79 Å². The van der Waals surface area contributed by atoms with Crippen molar-refractivity contribution in [3.8, 4) is 0 Å². The Morgan fingerprint density at radius 3 is 3.09 bits per heavy atom. The quantitative estimate of drug-likeness (QED) is 0.547. The van der Waals surface area contributed by atoms with Crippen LogP contribution in [0.4, 0.5) is 0 Å². The maximum Gasteiger partial charge on any atom is 0.190 e. The van der Waals surface area contributed by atoms with Crippen LogP contribution in [0.25, 0.3) is 0 Å². The lowest BCUT2D eigenvalue weighted by atomic mass is 10.1. The van der Waals surface area contributed by atoms with Gasteiger partial charge in [0.2, 0.25) is 0 Å². The molecule has 1 aliphatic heterocycles. The van der Waals surface area contributed by atoms with Crippen LogP contribution in [0.2, 0.25) is 0 Å².